The van der Waals surface area contributed by atoms with E-state index in [1.807, 2.05) is 18.5 Å². The zero-order valence-electron chi connectivity index (χ0n) is 21.2. The first-order valence-corrected chi connectivity index (χ1v) is 12.9. The summed E-state index contributed by atoms with van der Waals surface area (Å²) in [7, 11) is 1.70. The maximum Gasteiger partial charge on any atom is 0.220 e. The number of amides is 1. The Morgan fingerprint density at radius 1 is 0.912 bits per heavy atom. The number of nitrogens with one attached hydrogen (secondary N) is 1. The number of pyridine rings is 1. The summed E-state index contributed by atoms with van der Waals surface area (Å²) in [5.41, 5.74) is 4.51. The Morgan fingerprint density at radius 2 is 1.65 bits per heavy atom. The number of aryl methyl sites for hydroxylation is 1. The van der Waals surface area contributed by atoms with Crippen molar-refractivity contribution in [1.29, 1.82) is 0 Å². The summed E-state index contributed by atoms with van der Waals surface area (Å²) < 4.78 is 5.41. The van der Waals surface area contributed by atoms with E-state index in [2.05, 4.69) is 54.5 Å². The number of ether oxygens (including phenoxy) is 1. The molecule has 0 aliphatic heterocycles. The van der Waals surface area contributed by atoms with Gasteiger partial charge < -0.3 is 10.1 Å². The highest BCUT2D eigenvalue weighted by Gasteiger charge is 2.11. The zero-order chi connectivity index (χ0) is 24.2. The molecule has 1 heterocycles. The number of methoxy groups -OCH3 is 1. The maximum absolute atomic E-state index is 12.4. The van der Waals surface area contributed by atoms with E-state index in [9.17, 15) is 4.79 Å². The minimum absolute atomic E-state index is 0.134. The number of unbranched alkanes of at least 4 members (excludes halogenated alkanes) is 8. The lowest BCUT2D eigenvalue weighted by Crippen LogP contribution is -2.22. The fraction of sp³-hybridized carbons (Fsp3) is 0.467. The summed E-state index contributed by atoms with van der Waals surface area (Å²) in [4.78, 5) is 16.8. The van der Waals surface area contributed by atoms with Gasteiger partial charge in [-0.3, -0.25) is 9.78 Å². The number of carbonyl (C=O) groups excluding carboxylic acids is 1. The highest BCUT2D eigenvalue weighted by Crippen LogP contribution is 2.33. The molecule has 0 saturated heterocycles. The fourth-order valence-electron chi connectivity index (χ4n) is 4.58. The lowest BCUT2D eigenvalue weighted by molar-refractivity contribution is -0.121. The predicted octanol–water partition coefficient (Wildman–Crippen LogP) is 7.76. The SMILES string of the molecule is CCCCCCCCCCCC(=O)NCc1ccc(-c2ccc(OC)c(C)c2)c2ccncc12. The largest absolute Gasteiger partial charge is 0.496 e. The fourth-order valence-corrected chi connectivity index (χ4v) is 4.58. The normalized spacial score (nSPS) is 11.0. The molecule has 0 fully saturated rings. The van der Waals surface area contributed by atoms with E-state index >= 15 is 0 Å². The Kier molecular flexibility index (Phi) is 10.4. The molecule has 1 aromatic heterocycles. The van der Waals surface area contributed by atoms with Crippen LogP contribution < -0.4 is 10.1 Å². The van der Waals surface area contributed by atoms with E-state index in [0.29, 0.717) is 13.0 Å². The number of rotatable bonds is 14. The summed E-state index contributed by atoms with van der Waals surface area (Å²) in [6, 6.07) is 12.6. The lowest BCUT2D eigenvalue weighted by Gasteiger charge is -2.13. The van der Waals surface area contributed by atoms with Crippen molar-refractivity contribution in [3.63, 3.8) is 0 Å². The zero-order valence-corrected chi connectivity index (χ0v) is 21.2. The van der Waals surface area contributed by atoms with Gasteiger partial charge in [-0.2, -0.15) is 0 Å². The molecule has 0 radical (unpaired) electrons. The Bertz CT molecular complexity index is 1060. The highest BCUT2D eigenvalue weighted by atomic mass is 16.5. The van der Waals surface area contributed by atoms with Gasteiger partial charge in [0.15, 0.2) is 0 Å². The van der Waals surface area contributed by atoms with Gasteiger partial charge in [-0.15, -0.1) is 0 Å². The summed E-state index contributed by atoms with van der Waals surface area (Å²) in [5.74, 6) is 1.02. The Labute approximate surface area is 205 Å². The third-order valence-corrected chi connectivity index (χ3v) is 6.60. The van der Waals surface area contributed by atoms with Crippen molar-refractivity contribution in [2.24, 2.45) is 0 Å². The molecule has 4 nitrogen and oxygen atoms in total. The molecule has 34 heavy (non-hydrogen) atoms. The van der Waals surface area contributed by atoms with Gasteiger partial charge in [-0.25, -0.2) is 0 Å². The molecular formula is C30H40N2O2. The molecule has 1 amide bonds. The smallest absolute Gasteiger partial charge is 0.220 e. The molecule has 0 bridgehead atoms. The average Bonchev–Trinajstić information content (AvgIpc) is 2.86. The van der Waals surface area contributed by atoms with Crippen molar-refractivity contribution >= 4 is 16.7 Å². The first kappa shape index (κ1) is 25.7. The Morgan fingerprint density at radius 3 is 2.35 bits per heavy atom. The average molecular weight is 461 g/mol. The number of aromatic nitrogens is 1. The number of fused-ring (bicyclic) bond motifs is 1. The first-order chi connectivity index (χ1) is 16.6. The van der Waals surface area contributed by atoms with Crippen molar-refractivity contribution in [2.75, 3.05) is 7.11 Å². The van der Waals surface area contributed by atoms with Crippen LogP contribution in [0, 0.1) is 6.92 Å². The second kappa shape index (κ2) is 13.7. The van der Waals surface area contributed by atoms with Crippen molar-refractivity contribution in [1.82, 2.24) is 10.3 Å². The van der Waals surface area contributed by atoms with Crippen LogP contribution in [0.2, 0.25) is 0 Å². The Hall–Kier alpha value is -2.88. The molecule has 4 heteroatoms. The number of hydrogen-bond acceptors (Lipinski definition) is 3. The molecule has 182 valence electrons. The van der Waals surface area contributed by atoms with Crippen LogP contribution in [0.25, 0.3) is 21.9 Å². The molecular weight excluding hydrogens is 420 g/mol. The Balaban J connectivity index is 1.53. The second-order valence-corrected chi connectivity index (χ2v) is 9.23. The number of hydrogen-bond donors (Lipinski definition) is 1. The third kappa shape index (κ3) is 7.31. The van der Waals surface area contributed by atoms with E-state index in [1.165, 1.54) is 44.9 Å². The van der Waals surface area contributed by atoms with Crippen LogP contribution in [-0.2, 0) is 11.3 Å². The second-order valence-electron chi connectivity index (χ2n) is 9.23. The molecule has 0 spiro atoms. The molecule has 0 saturated carbocycles. The lowest BCUT2D eigenvalue weighted by atomic mass is 9.95. The number of nitrogens with zero attached hydrogens (tertiary/aromatic N) is 1. The van der Waals surface area contributed by atoms with Crippen LogP contribution >= 0.6 is 0 Å². The molecule has 0 atom stereocenters. The van der Waals surface area contributed by atoms with Crippen LogP contribution in [0.1, 0.15) is 82.3 Å². The van der Waals surface area contributed by atoms with Gasteiger partial charge in [-0.05, 0) is 59.2 Å². The van der Waals surface area contributed by atoms with E-state index in [-0.39, 0.29) is 5.91 Å². The van der Waals surface area contributed by atoms with E-state index < -0.39 is 0 Å². The van der Waals surface area contributed by atoms with Crippen molar-refractivity contribution < 1.29 is 9.53 Å². The van der Waals surface area contributed by atoms with Gasteiger partial charge in [0.25, 0.3) is 0 Å². The summed E-state index contributed by atoms with van der Waals surface area (Å²) >= 11 is 0. The molecule has 0 unspecified atom stereocenters. The monoisotopic (exact) mass is 460 g/mol. The summed E-state index contributed by atoms with van der Waals surface area (Å²) in [6.07, 6.45) is 15.7. The molecule has 0 aliphatic rings. The highest BCUT2D eigenvalue weighted by molar-refractivity contribution is 5.98. The van der Waals surface area contributed by atoms with E-state index in [0.717, 1.165) is 51.6 Å². The summed E-state index contributed by atoms with van der Waals surface area (Å²) in [5, 5.41) is 5.34. The predicted molar refractivity (Wildman–Crippen MR) is 142 cm³/mol. The quantitative estimate of drug-likeness (QED) is 0.250. The van der Waals surface area contributed by atoms with Crippen molar-refractivity contribution in [2.45, 2.75) is 84.6 Å². The molecule has 3 aromatic rings. The van der Waals surface area contributed by atoms with E-state index in [4.69, 9.17) is 4.74 Å². The van der Waals surface area contributed by atoms with Gasteiger partial charge >= 0.3 is 0 Å². The van der Waals surface area contributed by atoms with E-state index in [1.54, 1.807) is 7.11 Å². The van der Waals surface area contributed by atoms with Gasteiger partial charge in [0.05, 0.1) is 7.11 Å². The van der Waals surface area contributed by atoms with Crippen LogP contribution in [-0.4, -0.2) is 18.0 Å². The topological polar surface area (TPSA) is 51.2 Å². The van der Waals surface area contributed by atoms with Gasteiger partial charge in [0.1, 0.15) is 5.75 Å². The van der Waals surface area contributed by atoms with Gasteiger partial charge in [0.2, 0.25) is 5.91 Å². The summed E-state index contributed by atoms with van der Waals surface area (Å²) in [6.45, 7) is 4.84. The van der Waals surface area contributed by atoms with Gasteiger partial charge in [-0.1, -0.05) is 76.5 Å². The first-order valence-electron chi connectivity index (χ1n) is 12.9. The standard InChI is InChI=1S/C30H40N2O2/c1-4-5-6-7-8-9-10-11-12-13-30(33)32-21-25-14-16-26(27-18-19-31-22-28(25)27)24-15-17-29(34-3)23(2)20-24/h14-20,22H,4-13,21H2,1-3H3,(H,32,33). The van der Waals surface area contributed by atoms with Crippen LogP contribution in [0.15, 0.2) is 48.8 Å². The molecule has 1 N–H and O–H groups in total. The molecule has 2 aromatic carbocycles. The maximum atomic E-state index is 12.4. The number of benzene rings is 2. The van der Waals surface area contributed by atoms with Crippen LogP contribution in [0.4, 0.5) is 0 Å². The van der Waals surface area contributed by atoms with Crippen molar-refractivity contribution in [3.8, 4) is 16.9 Å². The number of carbonyl (C=O) groups is 1. The molecule has 0 aliphatic carbocycles. The minimum atomic E-state index is 0.134. The third-order valence-electron chi connectivity index (χ3n) is 6.60. The minimum Gasteiger partial charge on any atom is -0.496 e. The van der Waals surface area contributed by atoms with Crippen molar-refractivity contribution in [3.05, 3.63) is 59.9 Å². The van der Waals surface area contributed by atoms with Crippen LogP contribution in [0.3, 0.4) is 0 Å². The molecule has 3 rings (SSSR count). The van der Waals surface area contributed by atoms with Crippen LogP contribution in [0.5, 0.6) is 5.75 Å². The van der Waals surface area contributed by atoms with Gasteiger partial charge in [0, 0.05) is 30.7 Å².